The zero-order valence-electron chi connectivity index (χ0n) is 12.3. The highest BCUT2D eigenvalue weighted by molar-refractivity contribution is 7.99. The highest BCUT2D eigenvalue weighted by Crippen LogP contribution is 2.25. The van der Waals surface area contributed by atoms with Gasteiger partial charge < -0.3 is 5.32 Å². The number of benzene rings is 2. The molecule has 1 aromatic heterocycles. The van der Waals surface area contributed by atoms with Crippen LogP contribution in [0.4, 0.5) is 5.69 Å². The summed E-state index contributed by atoms with van der Waals surface area (Å²) in [6.45, 7) is 0. The summed E-state index contributed by atoms with van der Waals surface area (Å²) in [7, 11) is 0. The topological polar surface area (TPSA) is 59.8 Å². The fourth-order valence-corrected chi connectivity index (χ4v) is 2.98. The summed E-state index contributed by atoms with van der Waals surface area (Å²) < 4.78 is 1.66. The number of anilines is 1. The molecule has 0 aliphatic rings. The number of hydrogen-bond acceptors (Lipinski definition) is 4. The first-order valence-corrected chi connectivity index (χ1v) is 8.71. The van der Waals surface area contributed by atoms with Crippen molar-refractivity contribution < 1.29 is 4.79 Å². The van der Waals surface area contributed by atoms with E-state index in [1.165, 1.54) is 11.8 Å². The molecule has 2 aromatic carbocycles. The lowest BCUT2D eigenvalue weighted by Crippen LogP contribution is -2.14. The van der Waals surface area contributed by atoms with Gasteiger partial charge in [-0.15, -0.1) is 5.10 Å². The number of halogens is 2. The number of para-hydroxylation sites is 1. The third-order valence-corrected chi connectivity index (χ3v) is 4.43. The second-order valence-corrected chi connectivity index (χ2v) is 6.55. The van der Waals surface area contributed by atoms with Crippen LogP contribution in [0, 0.1) is 0 Å². The average molecular weight is 379 g/mol. The van der Waals surface area contributed by atoms with Gasteiger partial charge in [-0.05, 0) is 30.3 Å². The first kappa shape index (κ1) is 16.8. The molecule has 8 heteroatoms. The average Bonchev–Trinajstić information content (AvgIpc) is 3.05. The van der Waals surface area contributed by atoms with E-state index in [1.54, 1.807) is 29.2 Å². The van der Waals surface area contributed by atoms with Crippen molar-refractivity contribution in [2.75, 3.05) is 11.1 Å². The molecule has 0 atom stereocenters. The molecule has 0 fully saturated rings. The highest BCUT2D eigenvalue weighted by atomic mass is 35.5. The molecular weight excluding hydrogens is 367 g/mol. The second-order valence-electron chi connectivity index (χ2n) is 4.77. The Morgan fingerprint density at radius 1 is 1.17 bits per heavy atom. The van der Waals surface area contributed by atoms with Crippen LogP contribution < -0.4 is 5.32 Å². The molecule has 1 amide bonds. The van der Waals surface area contributed by atoms with Crippen molar-refractivity contribution in [3.8, 4) is 5.69 Å². The van der Waals surface area contributed by atoms with E-state index in [-0.39, 0.29) is 11.7 Å². The third-order valence-electron chi connectivity index (χ3n) is 3.03. The number of hydrogen-bond donors (Lipinski definition) is 1. The van der Waals surface area contributed by atoms with Gasteiger partial charge in [0.15, 0.2) is 0 Å². The minimum Gasteiger partial charge on any atom is -0.324 e. The van der Waals surface area contributed by atoms with Crippen molar-refractivity contribution in [2.45, 2.75) is 5.16 Å². The summed E-state index contributed by atoms with van der Waals surface area (Å²) in [4.78, 5) is 16.2. The minimum absolute atomic E-state index is 0.178. The van der Waals surface area contributed by atoms with E-state index in [9.17, 15) is 4.79 Å². The summed E-state index contributed by atoms with van der Waals surface area (Å²) in [6.07, 6.45) is 1.62. The lowest BCUT2D eigenvalue weighted by atomic mass is 10.3. The molecule has 3 aromatic rings. The quantitative estimate of drug-likeness (QED) is 0.672. The molecule has 5 nitrogen and oxygen atoms in total. The second kappa shape index (κ2) is 7.70. The van der Waals surface area contributed by atoms with Crippen LogP contribution in [0.3, 0.4) is 0 Å². The molecule has 24 heavy (non-hydrogen) atoms. The molecule has 0 unspecified atom stereocenters. The molecule has 0 saturated carbocycles. The van der Waals surface area contributed by atoms with Gasteiger partial charge >= 0.3 is 0 Å². The molecule has 1 heterocycles. The smallest absolute Gasteiger partial charge is 0.234 e. The lowest BCUT2D eigenvalue weighted by molar-refractivity contribution is -0.113. The first-order valence-electron chi connectivity index (χ1n) is 6.96. The molecule has 0 spiro atoms. The zero-order valence-corrected chi connectivity index (χ0v) is 14.6. The zero-order chi connectivity index (χ0) is 16.9. The summed E-state index contributed by atoms with van der Waals surface area (Å²) in [6, 6.07) is 14.5. The van der Waals surface area contributed by atoms with Gasteiger partial charge in [-0.2, -0.15) is 0 Å². The maximum atomic E-state index is 12.0. The van der Waals surface area contributed by atoms with E-state index in [2.05, 4.69) is 15.4 Å². The molecule has 122 valence electrons. The standard InChI is InChI=1S/C16H12Cl2N4OS/c17-11-6-7-14(13(18)8-11)20-15(23)9-24-16-19-10-22(21-16)12-4-2-1-3-5-12/h1-8,10H,9H2,(H,20,23). The monoisotopic (exact) mass is 378 g/mol. The molecule has 3 rings (SSSR count). The van der Waals surface area contributed by atoms with Crippen molar-refractivity contribution in [3.63, 3.8) is 0 Å². The summed E-state index contributed by atoms with van der Waals surface area (Å²) >= 11 is 13.1. The number of amides is 1. The number of carbonyl (C=O) groups excluding carboxylic acids is 1. The van der Waals surface area contributed by atoms with Crippen LogP contribution in [0.5, 0.6) is 0 Å². The van der Waals surface area contributed by atoms with Crippen LogP contribution in [0.15, 0.2) is 60.0 Å². The largest absolute Gasteiger partial charge is 0.324 e. The Bertz CT molecular complexity index is 854. The van der Waals surface area contributed by atoms with Crippen LogP contribution in [-0.4, -0.2) is 26.4 Å². The summed E-state index contributed by atoms with van der Waals surface area (Å²) in [5.74, 6) is -0.0159. The molecule has 0 saturated heterocycles. The van der Waals surface area contributed by atoms with Crippen molar-refractivity contribution in [1.82, 2.24) is 14.8 Å². The predicted molar refractivity (Wildman–Crippen MR) is 97.2 cm³/mol. The van der Waals surface area contributed by atoms with Gasteiger partial charge in [0, 0.05) is 5.02 Å². The van der Waals surface area contributed by atoms with E-state index in [1.807, 2.05) is 30.3 Å². The molecule has 0 aliphatic carbocycles. The van der Waals surface area contributed by atoms with Crippen LogP contribution in [-0.2, 0) is 4.79 Å². The van der Waals surface area contributed by atoms with E-state index >= 15 is 0 Å². The maximum absolute atomic E-state index is 12.0. The molecule has 0 bridgehead atoms. The third kappa shape index (κ3) is 4.29. The van der Waals surface area contributed by atoms with Crippen LogP contribution in [0.1, 0.15) is 0 Å². The predicted octanol–water partition coefficient (Wildman–Crippen LogP) is 4.30. The van der Waals surface area contributed by atoms with Gasteiger partial charge in [0.05, 0.1) is 22.2 Å². The van der Waals surface area contributed by atoms with Crippen LogP contribution in [0.2, 0.25) is 10.0 Å². The van der Waals surface area contributed by atoms with Crippen LogP contribution >= 0.6 is 35.0 Å². The number of nitrogens with one attached hydrogen (secondary N) is 1. The Morgan fingerprint density at radius 2 is 1.96 bits per heavy atom. The Morgan fingerprint density at radius 3 is 2.71 bits per heavy atom. The molecule has 0 radical (unpaired) electrons. The van der Waals surface area contributed by atoms with Crippen molar-refractivity contribution >= 4 is 46.6 Å². The van der Waals surface area contributed by atoms with Gasteiger partial charge in [0.1, 0.15) is 6.33 Å². The Labute approximate surface area is 153 Å². The Hall–Kier alpha value is -2.02. The number of nitrogens with zero attached hydrogens (tertiary/aromatic N) is 3. The highest BCUT2D eigenvalue weighted by Gasteiger charge is 2.09. The Balaban J connectivity index is 1.58. The number of aromatic nitrogens is 3. The van der Waals surface area contributed by atoms with Crippen LogP contribution in [0.25, 0.3) is 5.69 Å². The molecule has 1 N–H and O–H groups in total. The Kier molecular flexibility index (Phi) is 5.40. The van der Waals surface area contributed by atoms with Gasteiger partial charge in [-0.25, -0.2) is 9.67 Å². The SMILES string of the molecule is O=C(CSc1ncn(-c2ccccc2)n1)Nc1ccc(Cl)cc1Cl. The normalized spacial score (nSPS) is 10.6. The minimum atomic E-state index is -0.194. The molecule has 0 aliphatic heterocycles. The summed E-state index contributed by atoms with van der Waals surface area (Å²) in [5.41, 5.74) is 1.43. The van der Waals surface area contributed by atoms with Crippen molar-refractivity contribution in [2.24, 2.45) is 0 Å². The van der Waals surface area contributed by atoms with E-state index in [4.69, 9.17) is 23.2 Å². The van der Waals surface area contributed by atoms with Crippen molar-refractivity contribution in [1.29, 1.82) is 0 Å². The van der Waals surface area contributed by atoms with Crippen molar-refractivity contribution in [3.05, 3.63) is 64.9 Å². The van der Waals surface area contributed by atoms with E-state index in [0.29, 0.717) is 20.9 Å². The molecular formula is C16H12Cl2N4OS. The van der Waals surface area contributed by atoms with Gasteiger partial charge in [0.2, 0.25) is 11.1 Å². The number of thioether (sulfide) groups is 1. The lowest BCUT2D eigenvalue weighted by Gasteiger charge is -2.06. The fraction of sp³-hybridized carbons (Fsp3) is 0.0625. The maximum Gasteiger partial charge on any atom is 0.234 e. The fourth-order valence-electron chi connectivity index (χ4n) is 1.93. The van der Waals surface area contributed by atoms with Gasteiger partial charge in [-0.1, -0.05) is 53.2 Å². The van der Waals surface area contributed by atoms with E-state index < -0.39 is 0 Å². The number of carbonyl (C=O) groups is 1. The van der Waals surface area contributed by atoms with Gasteiger partial charge in [-0.3, -0.25) is 4.79 Å². The van der Waals surface area contributed by atoms with Gasteiger partial charge in [0.25, 0.3) is 0 Å². The number of rotatable bonds is 5. The first-order chi connectivity index (χ1) is 11.6. The summed E-state index contributed by atoms with van der Waals surface area (Å²) in [5, 5.41) is 8.50. The van der Waals surface area contributed by atoms with E-state index in [0.717, 1.165) is 5.69 Å².